The van der Waals surface area contributed by atoms with Crippen LogP contribution in [0.25, 0.3) is 0 Å². The van der Waals surface area contributed by atoms with Crippen LogP contribution in [0.5, 0.6) is 0 Å². The number of hydrogen-bond donors (Lipinski definition) is 1. The van der Waals surface area contributed by atoms with Crippen LogP contribution in [0.1, 0.15) is 32.6 Å². The zero-order valence-corrected chi connectivity index (χ0v) is 8.67. The van der Waals surface area contributed by atoms with Gasteiger partial charge < -0.3 is 5.32 Å². The second-order valence-electron chi connectivity index (χ2n) is 2.78. The number of thioether (sulfide) groups is 1. The van der Waals surface area contributed by atoms with E-state index in [1.54, 1.807) is 0 Å². The molecule has 0 fully saturated rings. The van der Waals surface area contributed by atoms with Gasteiger partial charge in [0.1, 0.15) is 0 Å². The van der Waals surface area contributed by atoms with Gasteiger partial charge in [-0.15, -0.1) is 0 Å². The standard InChI is InChI=1S/C9H21NS/c1-3-4-8-11-9-6-5-7-10-2/h10H,3-9H2,1-2H3. The van der Waals surface area contributed by atoms with Crippen molar-refractivity contribution in [2.75, 3.05) is 25.1 Å². The van der Waals surface area contributed by atoms with E-state index in [1.165, 1.54) is 43.7 Å². The fraction of sp³-hybridized carbons (Fsp3) is 1.00. The van der Waals surface area contributed by atoms with Gasteiger partial charge in [0.15, 0.2) is 0 Å². The minimum Gasteiger partial charge on any atom is -0.320 e. The first-order valence-corrected chi connectivity index (χ1v) is 5.79. The van der Waals surface area contributed by atoms with Crippen molar-refractivity contribution >= 4 is 11.8 Å². The molecule has 0 aliphatic carbocycles. The normalized spacial score (nSPS) is 10.4. The summed E-state index contributed by atoms with van der Waals surface area (Å²) >= 11 is 2.10. The van der Waals surface area contributed by atoms with E-state index in [2.05, 4.69) is 24.0 Å². The quantitative estimate of drug-likeness (QED) is 0.569. The number of nitrogens with one attached hydrogen (secondary N) is 1. The van der Waals surface area contributed by atoms with Crippen molar-refractivity contribution in [3.8, 4) is 0 Å². The van der Waals surface area contributed by atoms with Gasteiger partial charge in [-0.1, -0.05) is 13.3 Å². The van der Waals surface area contributed by atoms with Crippen molar-refractivity contribution in [2.45, 2.75) is 32.6 Å². The SMILES string of the molecule is CCCCSCCCCNC. The van der Waals surface area contributed by atoms with Crippen LogP contribution < -0.4 is 5.32 Å². The number of unbranched alkanes of at least 4 members (excludes halogenated alkanes) is 2. The first kappa shape index (κ1) is 11.3. The molecule has 11 heavy (non-hydrogen) atoms. The lowest BCUT2D eigenvalue weighted by atomic mass is 10.3. The molecule has 0 saturated heterocycles. The molecule has 0 saturated carbocycles. The Balaban J connectivity index is 2.69. The molecule has 1 N–H and O–H groups in total. The lowest BCUT2D eigenvalue weighted by Crippen LogP contribution is -2.07. The van der Waals surface area contributed by atoms with E-state index in [-0.39, 0.29) is 0 Å². The molecular formula is C9H21NS. The van der Waals surface area contributed by atoms with E-state index < -0.39 is 0 Å². The average Bonchev–Trinajstić information content (AvgIpc) is 2.03. The molecule has 0 unspecified atom stereocenters. The van der Waals surface area contributed by atoms with Gasteiger partial charge in [-0.2, -0.15) is 11.8 Å². The summed E-state index contributed by atoms with van der Waals surface area (Å²) in [5.74, 6) is 2.71. The largest absolute Gasteiger partial charge is 0.320 e. The fourth-order valence-corrected chi connectivity index (χ4v) is 1.96. The summed E-state index contributed by atoms with van der Waals surface area (Å²) in [6.45, 7) is 3.43. The van der Waals surface area contributed by atoms with Gasteiger partial charge in [0.2, 0.25) is 0 Å². The summed E-state index contributed by atoms with van der Waals surface area (Å²) in [6, 6.07) is 0. The second kappa shape index (κ2) is 10.3. The lowest BCUT2D eigenvalue weighted by molar-refractivity contribution is 0.714. The highest BCUT2D eigenvalue weighted by Gasteiger charge is 1.88. The van der Waals surface area contributed by atoms with Crippen LogP contribution in [0.15, 0.2) is 0 Å². The van der Waals surface area contributed by atoms with Crippen molar-refractivity contribution in [1.29, 1.82) is 0 Å². The molecule has 68 valence electrons. The van der Waals surface area contributed by atoms with Crippen LogP contribution in [0.2, 0.25) is 0 Å². The maximum atomic E-state index is 3.16. The molecule has 0 heterocycles. The smallest absolute Gasteiger partial charge is 0.00516 e. The zero-order valence-electron chi connectivity index (χ0n) is 7.86. The third-order valence-corrected chi connectivity index (χ3v) is 2.76. The third kappa shape index (κ3) is 10.3. The van der Waals surface area contributed by atoms with Gasteiger partial charge in [0, 0.05) is 0 Å². The summed E-state index contributed by atoms with van der Waals surface area (Å²) in [5.41, 5.74) is 0. The fourth-order valence-electron chi connectivity index (χ4n) is 0.854. The van der Waals surface area contributed by atoms with Gasteiger partial charge in [0.25, 0.3) is 0 Å². The summed E-state index contributed by atoms with van der Waals surface area (Å²) in [5, 5.41) is 3.16. The van der Waals surface area contributed by atoms with Crippen molar-refractivity contribution in [3.63, 3.8) is 0 Å². The minimum absolute atomic E-state index is 1.17. The summed E-state index contributed by atoms with van der Waals surface area (Å²) in [7, 11) is 2.02. The van der Waals surface area contributed by atoms with Crippen molar-refractivity contribution < 1.29 is 0 Å². The topological polar surface area (TPSA) is 12.0 Å². The van der Waals surface area contributed by atoms with Gasteiger partial charge >= 0.3 is 0 Å². The second-order valence-corrected chi connectivity index (χ2v) is 4.00. The van der Waals surface area contributed by atoms with Crippen LogP contribution in [0, 0.1) is 0 Å². The molecule has 0 atom stereocenters. The Bertz CT molecular complexity index is 58.6. The predicted molar refractivity (Wildman–Crippen MR) is 55.4 cm³/mol. The van der Waals surface area contributed by atoms with E-state index in [1.807, 2.05) is 7.05 Å². The highest BCUT2D eigenvalue weighted by atomic mass is 32.2. The Morgan fingerprint density at radius 3 is 2.45 bits per heavy atom. The van der Waals surface area contributed by atoms with E-state index in [4.69, 9.17) is 0 Å². The number of rotatable bonds is 8. The van der Waals surface area contributed by atoms with Crippen molar-refractivity contribution in [2.24, 2.45) is 0 Å². The van der Waals surface area contributed by atoms with E-state index in [0.29, 0.717) is 0 Å². The molecule has 0 aliphatic rings. The van der Waals surface area contributed by atoms with Gasteiger partial charge in [-0.25, -0.2) is 0 Å². The predicted octanol–water partition coefficient (Wildman–Crippen LogP) is 2.52. The molecule has 0 bridgehead atoms. The maximum absolute atomic E-state index is 3.16. The van der Waals surface area contributed by atoms with Crippen LogP contribution in [0.4, 0.5) is 0 Å². The molecule has 0 rings (SSSR count). The van der Waals surface area contributed by atoms with Crippen LogP contribution in [-0.4, -0.2) is 25.1 Å². The molecule has 0 spiro atoms. The summed E-state index contributed by atoms with van der Waals surface area (Å²) in [6.07, 6.45) is 5.42. The van der Waals surface area contributed by atoms with E-state index >= 15 is 0 Å². The van der Waals surface area contributed by atoms with Gasteiger partial charge in [0.05, 0.1) is 0 Å². The first-order chi connectivity index (χ1) is 5.41. The summed E-state index contributed by atoms with van der Waals surface area (Å²) < 4.78 is 0. The van der Waals surface area contributed by atoms with Crippen LogP contribution in [0.3, 0.4) is 0 Å². The van der Waals surface area contributed by atoms with E-state index in [9.17, 15) is 0 Å². The van der Waals surface area contributed by atoms with Crippen molar-refractivity contribution in [3.05, 3.63) is 0 Å². The monoisotopic (exact) mass is 175 g/mol. The molecule has 0 aromatic carbocycles. The zero-order chi connectivity index (χ0) is 8.36. The average molecular weight is 175 g/mol. The molecule has 0 aliphatic heterocycles. The Morgan fingerprint density at radius 2 is 1.82 bits per heavy atom. The third-order valence-electron chi connectivity index (χ3n) is 1.61. The molecule has 1 nitrogen and oxygen atoms in total. The maximum Gasteiger partial charge on any atom is -0.00516 e. The molecule has 0 aromatic rings. The van der Waals surface area contributed by atoms with Crippen LogP contribution in [-0.2, 0) is 0 Å². The first-order valence-electron chi connectivity index (χ1n) is 4.64. The Hall–Kier alpha value is 0.310. The highest BCUT2D eigenvalue weighted by molar-refractivity contribution is 7.99. The minimum atomic E-state index is 1.17. The van der Waals surface area contributed by atoms with Crippen LogP contribution >= 0.6 is 11.8 Å². The number of hydrogen-bond acceptors (Lipinski definition) is 2. The Morgan fingerprint density at radius 1 is 1.09 bits per heavy atom. The Labute approximate surface area is 75.3 Å². The summed E-state index contributed by atoms with van der Waals surface area (Å²) in [4.78, 5) is 0. The highest BCUT2D eigenvalue weighted by Crippen LogP contribution is 2.06. The van der Waals surface area contributed by atoms with E-state index in [0.717, 1.165) is 0 Å². The molecule has 0 radical (unpaired) electrons. The van der Waals surface area contributed by atoms with Gasteiger partial charge in [-0.3, -0.25) is 0 Å². The molecule has 0 aromatic heterocycles. The molecule has 0 amide bonds. The lowest BCUT2D eigenvalue weighted by Gasteiger charge is -1.99. The molecule has 2 heteroatoms. The Kier molecular flexibility index (Phi) is 10.6. The van der Waals surface area contributed by atoms with Gasteiger partial charge in [-0.05, 0) is 44.4 Å². The molecular weight excluding hydrogens is 154 g/mol. The van der Waals surface area contributed by atoms with Crippen molar-refractivity contribution in [1.82, 2.24) is 5.32 Å².